The number of likely N-dealkylation sites (tertiary alicyclic amines) is 1. The van der Waals surface area contributed by atoms with Gasteiger partial charge < -0.3 is 19.8 Å². The minimum absolute atomic E-state index is 0.0772. The quantitative estimate of drug-likeness (QED) is 0.685. The predicted octanol–water partition coefficient (Wildman–Crippen LogP) is 2.88. The van der Waals surface area contributed by atoms with Crippen LogP contribution in [0.5, 0.6) is 0 Å². The highest BCUT2D eigenvalue weighted by Gasteiger charge is 2.42. The molecular formula is C22H26ClN3O4. The molecule has 0 spiro atoms. The number of aliphatic hydroxyl groups is 1. The molecule has 2 amide bonds. The largest absolute Gasteiger partial charge is 0.391 e. The minimum Gasteiger partial charge on any atom is -0.391 e. The van der Waals surface area contributed by atoms with Crippen LogP contribution in [0.2, 0.25) is 5.02 Å². The molecule has 0 saturated carbocycles. The number of carbonyl (C=O) groups excluding carboxylic acids is 2. The molecule has 1 aliphatic rings. The van der Waals surface area contributed by atoms with E-state index in [0.717, 1.165) is 11.1 Å². The van der Waals surface area contributed by atoms with Crippen LogP contribution in [0.4, 0.5) is 0 Å². The van der Waals surface area contributed by atoms with Crippen molar-refractivity contribution >= 4 is 23.4 Å². The lowest BCUT2D eigenvalue weighted by atomic mass is 9.96. The summed E-state index contributed by atoms with van der Waals surface area (Å²) in [6, 6.07) is 6.36. The summed E-state index contributed by atoms with van der Waals surface area (Å²) in [4.78, 5) is 27.6. The second-order valence-corrected chi connectivity index (χ2v) is 8.27. The van der Waals surface area contributed by atoms with Crippen molar-refractivity contribution in [1.82, 2.24) is 15.4 Å². The minimum atomic E-state index is -0.774. The smallest absolute Gasteiger partial charge is 0.243 e. The van der Waals surface area contributed by atoms with Gasteiger partial charge in [0.05, 0.1) is 11.8 Å². The Balaban J connectivity index is 1.75. The van der Waals surface area contributed by atoms with E-state index >= 15 is 0 Å². The molecule has 1 saturated heterocycles. The summed E-state index contributed by atoms with van der Waals surface area (Å²) in [5.41, 5.74) is 3.12. The van der Waals surface area contributed by atoms with Crippen molar-refractivity contribution < 1.29 is 19.2 Å². The van der Waals surface area contributed by atoms with Crippen LogP contribution in [-0.2, 0) is 16.1 Å². The van der Waals surface area contributed by atoms with Crippen LogP contribution < -0.4 is 5.32 Å². The highest BCUT2D eigenvalue weighted by Crippen LogP contribution is 2.30. The Bertz CT molecular complexity index is 971. The average Bonchev–Trinajstić information content (AvgIpc) is 3.26. The van der Waals surface area contributed by atoms with Crippen LogP contribution in [-0.4, -0.2) is 45.7 Å². The van der Waals surface area contributed by atoms with Gasteiger partial charge in [0, 0.05) is 30.6 Å². The van der Waals surface area contributed by atoms with Crippen molar-refractivity contribution in [3.05, 3.63) is 64.0 Å². The summed E-state index contributed by atoms with van der Waals surface area (Å²) in [6.07, 6.45) is -0.598. The monoisotopic (exact) mass is 431 g/mol. The van der Waals surface area contributed by atoms with Gasteiger partial charge in [-0.2, -0.15) is 0 Å². The van der Waals surface area contributed by atoms with E-state index in [2.05, 4.69) is 17.1 Å². The summed E-state index contributed by atoms with van der Waals surface area (Å²) in [5.74, 6) is -1.03. The second-order valence-electron chi connectivity index (χ2n) is 7.83. The summed E-state index contributed by atoms with van der Waals surface area (Å²) in [5, 5.41) is 17.5. The molecule has 0 bridgehead atoms. The zero-order chi connectivity index (χ0) is 22.0. The first-order valence-electron chi connectivity index (χ1n) is 9.77. The lowest BCUT2D eigenvalue weighted by molar-refractivity contribution is -0.139. The van der Waals surface area contributed by atoms with Gasteiger partial charge in [0.25, 0.3) is 0 Å². The van der Waals surface area contributed by atoms with Gasteiger partial charge in [-0.15, -0.1) is 0 Å². The third-order valence-corrected chi connectivity index (χ3v) is 5.53. The van der Waals surface area contributed by atoms with Crippen LogP contribution in [0.1, 0.15) is 41.8 Å². The molecule has 0 unspecified atom stereocenters. The molecule has 7 nitrogen and oxygen atoms in total. The number of nitrogens with zero attached hydrogens (tertiary/aromatic N) is 2. The van der Waals surface area contributed by atoms with E-state index in [1.54, 1.807) is 26.0 Å². The van der Waals surface area contributed by atoms with Gasteiger partial charge in [-0.3, -0.25) is 9.59 Å². The fraction of sp³-hybridized carbons (Fsp3) is 0.409. The van der Waals surface area contributed by atoms with Crippen LogP contribution in [0.25, 0.3) is 0 Å². The van der Waals surface area contributed by atoms with Crippen molar-refractivity contribution in [3.8, 4) is 0 Å². The molecule has 3 rings (SSSR count). The van der Waals surface area contributed by atoms with Crippen molar-refractivity contribution in [2.45, 2.75) is 51.8 Å². The number of carbonyl (C=O) groups is 2. The molecule has 3 atom stereocenters. The van der Waals surface area contributed by atoms with Gasteiger partial charge in [-0.1, -0.05) is 35.0 Å². The molecular weight excluding hydrogens is 406 g/mol. The normalized spacial score (nSPS) is 19.6. The molecule has 1 aromatic heterocycles. The van der Waals surface area contributed by atoms with E-state index < -0.39 is 18.1 Å². The third kappa shape index (κ3) is 4.74. The Hall–Kier alpha value is -2.64. The second kappa shape index (κ2) is 9.02. The van der Waals surface area contributed by atoms with E-state index in [1.165, 1.54) is 4.90 Å². The first kappa shape index (κ1) is 22.1. The molecule has 2 aromatic rings. The number of amides is 2. The Morgan fingerprint density at radius 2 is 2.13 bits per heavy atom. The molecule has 0 aliphatic carbocycles. The predicted molar refractivity (Wildman–Crippen MR) is 113 cm³/mol. The molecule has 2 heterocycles. The number of benzene rings is 1. The van der Waals surface area contributed by atoms with Crippen LogP contribution in [0, 0.1) is 13.8 Å². The number of aliphatic hydroxyl groups excluding tert-OH is 1. The maximum Gasteiger partial charge on any atom is 0.243 e. The number of nitrogens with one attached hydrogen (secondary N) is 1. The molecule has 8 heteroatoms. The van der Waals surface area contributed by atoms with Gasteiger partial charge in [-0.05, 0) is 44.0 Å². The van der Waals surface area contributed by atoms with E-state index in [1.807, 2.05) is 19.1 Å². The SMILES string of the molecule is C=C(C)[C@@H](C(=O)N1C[C@H](O)C[C@H]1C(=O)NCc1ccc(Cl)cc1C)c1cc(C)no1. The molecule has 1 aliphatic heterocycles. The first-order valence-corrected chi connectivity index (χ1v) is 10.1. The van der Waals surface area contributed by atoms with Gasteiger partial charge in [0.15, 0.2) is 5.76 Å². The average molecular weight is 432 g/mol. The Morgan fingerprint density at radius 3 is 2.73 bits per heavy atom. The van der Waals surface area contributed by atoms with Crippen LogP contribution in [0.15, 0.2) is 40.9 Å². The first-order chi connectivity index (χ1) is 14.2. The molecule has 0 radical (unpaired) electrons. The number of hydrogen-bond donors (Lipinski definition) is 2. The highest BCUT2D eigenvalue weighted by atomic mass is 35.5. The molecule has 1 aromatic carbocycles. The van der Waals surface area contributed by atoms with Gasteiger partial charge >= 0.3 is 0 Å². The summed E-state index contributed by atoms with van der Waals surface area (Å²) in [7, 11) is 0. The van der Waals surface area contributed by atoms with Crippen molar-refractivity contribution in [1.29, 1.82) is 0 Å². The van der Waals surface area contributed by atoms with E-state index in [9.17, 15) is 14.7 Å². The number of aromatic nitrogens is 1. The summed E-state index contributed by atoms with van der Waals surface area (Å²) in [6.45, 7) is 9.70. The molecule has 160 valence electrons. The molecule has 2 N–H and O–H groups in total. The lowest BCUT2D eigenvalue weighted by Crippen LogP contribution is -2.47. The zero-order valence-corrected chi connectivity index (χ0v) is 18.1. The maximum absolute atomic E-state index is 13.3. The van der Waals surface area contributed by atoms with Gasteiger partial charge in [0.2, 0.25) is 11.8 Å². The zero-order valence-electron chi connectivity index (χ0n) is 17.3. The van der Waals surface area contributed by atoms with Crippen molar-refractivity contribution in [3.63, 3.8) is 0 Å². The highest BCUT2D eigenvalue weighted by molar-refractivity contribution is 6.30. The Kier molecular flexibility index (Phi) is 6.63. The number of aryl methyl sites for hydroxylation is 2. The van der Waals surface area contributed by atoms with Crippen LogP contribution >= 0.6 is 11.6 Å². The standard InChI is InChI=1S/C22H26ClN3O4/c1-12(2)20(19-8-14(4)25-30-19)22(29)26-11-17(27)9-18(26)21(28)24-10-15-5-6-16(23)7-13(15)3/h5-8,17-18,20,27H,1,9-11H2,2-4H3,(H,24,28)/t17-,18+,20-/m1/s1. The number of β-amino-alcohol motifs (C(OH)–C–C–N with tert-alkyl or cyclic N) is 1. The number of rotatable bonds is 6. The number of hydrogen-bond acceptors (Lipinski definition) is 5. The van der Waals surface area contributed by atoms with E-state index in [-0.39, 0.29) is 24.8 Å². The third-order valence-electron chi connectivity index (χ3n) is 5.29. The maximum atomic E-state index is 13.3. The van der Waals surface area contributed by atoms with Crippen molar-refractivity contribution in [2.24, 2.45) is 0 Å². The Labute approximate surface area is 180 Å². The number of halogens is 1. The lowest BCUT2D eigenvalue weighted by Gasteiger charge is -2.27. The van der Waals surface area contributed by atoms with Crippen molar-refractivity contribution in [2.75, 3.05) is 6.54 Å². The van der Waals surface area contributed by atoms with Gasteiger partial charge in [-0.25, -0.2) is 0 Å². The fourth-order valence-corrected chi connectivity index (χ4v) is 3.95. The van der Waals surface area contributed by atoms with E-state index in [0.29, 0.717) is 28.6 Å². The van der Waals surface area contributed by atoms with Crippen LogP contribution in [0.3, 0.4) is 0 Å². The van der Waals surface area contributed by atoms with E-state index in [4.69, 9.17) is 16.1 Å². The fourth-order valence-electron chi connectivity index (χ4n) is 3.72. The summed E-state index contributed by atoms with van der Waals surface area (Å²) >= 11 is 5.98. The van der Waals surface area contributed by atoms with Gasteiger partial charge in [0.1, 0.15) is 12.0 Å². The topological polar surface area (TPSA) is 95.7 Å². The molecule has 1 fully saturated rings. The Morgan fingerprint density at radius 1 is 1.40 bits per heavy atom. The summed E-state index contributed by atoms with van der Waals surface area (Å²) < 4.78 is 5.29. The molecule has 30 heavy (non-hydrogen) atoms.